The van der Waals surface area contributed by atoms with Crippen LogP contribution in [-0.4, -0.2) is 75.7 Å². The minimum atomic E-state index is -4.57. The number of aliphatic hydroxyl groups excluding tert-OH is 3. The Morgan fingerprint density at radius 2 is 2.03 bits per heavy atom. The number of alkyl halides is 1. The molecule has 2 aromatic heterocycles. The quantitative estimate of drug-likeness (QED) is 0.318. The van der Waals surface area contributed by atoms with E-state index < -0.39 is 50.3 Å². The fourth-order valence-electron chi connectivity index (χ4n) is 3.68. The lowest BCUT2D eigenvalue weighted by atomic mass is 9.92. The summed E-state index contributed by atoms with van der Waals surface area (Å²) in [5.41, 5.74) is -1.23. The Balaban J connectivity index is 1.88. The van der Waals surface area contributed by atoms with Gasteiger partial charge in [0, 0.05) is 13.5 Å². The molecular weight excluding hydrogens is 448 g/mol. The van der Waals surface area contributed by atoms with Crippen LogP contribution in [0.25, 0.3) is 11.2 Å². The van der Waals surface area contributed by atoms with Gasteiger partial charge in [0.15, 0.2) is 23.2 Å². The number of ether oxygens (including phenoxy) is 1. The van der Waals surface area contributed by atoms with E-state index in [9.17, 15) is 29.2 Å². The van der Waals surface area contributed by atoms with Gasteiger partial charge in [-0.1, -0.05) is 13.8 Å². The summed E-state index contributed by atoms with van der Waals surface area (Å²) in [6.45, 7) is 1.85. The van der Waals surface area contributed by atoms with Gasteiger partial charge in [0.05, 0.1) is 18.8 Å². The molecule has 3 heterocycles. The summed E-state index contributed by atoms with van der Waals surface area (Å²) < 4.78 is 40.3. The van der Waals surface area contributed by atoms with E-state index in [-0.39, 0.29) is 35.9 Å². The third-order valence-corrected chi connectivity index (χ3v) is 7.60. The van der Waals surface area contributed by atoms with Gasteiger partial charge >= 0.3 is 7.60 Å². The number of aromatic nitrogens is 4. The van der Waals surface area contributed by atoms with Crippen LogP contribution in [0.15, 0.2) is 12.7 Å². The van der Waals surface area contributed by atoms with E-state index in [1.165, 1.54) is 35.6 Å². The van der Waals surface area contributed by atoms with Crippen LogP contribution in [0.5, 0.6) is 0 Å². The molecule has 1 saturated heterocycles. The summed E-state index contributed by atoms with van der Waals surface area (Å²) in [4.78, 5) is 18.4. The first-order valence-electron chi connectivity index (χ1n) is 10.2. The summed E-state index contributed by atoms with van der Waals surface area (Å²) in [6, 6.07) is 0. The summed E-state index contributed by atoms with van der Waals surface area (Å²) in [5, 5.41) is 39.0. The smallest absolute Gasteiger partial charge is 0.356 e. The van der Waals surface area contributed by atoms with Gasteiger partial charge < -0.3 is 29.5 Å². The van der Waals surface area contributed by atoms with Gasteiger partial charge in [0.25, 0.3) is 0 Å². The van der Waals surface area contributed by atoms with E-state index in [2.05, 4.69) is 9.97 Å². The van der Waals surface area contributed by atoms with E-state index in [4.69, 9.17) is 14.7 Å². The van der Waals surface area contributed by atoms with E-state index >= 15 is 0 Å². The Hall–Kier alpha value is -1.73. The predicted octanol–water partition coefficient (Wildman–Crippen LogP) is 0.307. The van der Waals surface area contributed by atoms with E-state index in [1.807, 2.05) is 0 Å². The van der Waals surface area contributed by atoms with Crippen molar-refractivity contribution in [3.05, 3.63) is 18.1 Å². The van der Waals surface area contributed by atoms with Crippen LogP contribution < -0.4 is 5.49 Å². The number of rotatable bonds is 9. The number of hydrogen-bond donors (Lipinski definition) is 5. The Labute approximate surface area is 183 Å². The van der Waals surface area contributed by atoms with Gasteiger partial charge in [-0.2, -0.15) is 0 Å². The average Bonchev–Trinajstić information content (AvgIpc) is 3.31. The summed E-state index contributed by atoms with van der Waals surface area (Å²) in [5.74, 6) is -1.68. The third kappa shape index (κ3) is 4.38. The molecule has 0 aromatic carbocycles. The molecule has 0 radical (unpaired) electrons. The average molecular weight is 477 g/mol. The Kier molecular flexibility index (Phi) is 7.20. The second-order valence-electron chi connectivity index (χ2n) is 7.99. The maximum Gasteiger partial charge on any atom is 0.356 e. The topological polar surface area (TPSA) is 176 Å². The summed E-state index contributed by atoms with van der Waals surface area (Å²) in [6.07, 6.45) is -2.97. The minimum absolute atomic E-state index is 0.0495. The molecule has 7 atom stereocenters. The highest BCUT2D eigenvalue weighted by molar-refractivity contribution is 7.53. The van der Waals surface area contributed by atoms with Gasteiger partial charge in [0.1, 0.15) is 30.0 Å². The van der Waals surface area contributed by atoms with Gasteiger partial charge in [-0.25, -0.2) is 14.4 Å². The van der Waals surface area contributed by atoms with Crippen molar-refractivity contribution in [2.45, 2.75) is 69.1 Å². The molecule has 0 amide bonds. The molecule has 1 fully saturated rings. The Bertz CT molecular complexity index is 1060. The zero-order valence-electron chi connectivity index (χ0n) is 18.0. The fraction of sp³-hybridized carbons (Fsp3) is 0.722. The fourth-order valence-corrected chi connectivity index (χ4v) is 5.08. The highest BCUT2D eigenvalue weighted by Crippen LogP contribution is 2.53. The summed E-state index contributed by atoms with van der Waals surface area (Å²) in [7, 11) is -2.94. The van der Waals surface area contributed by atoms with Crippen LogP contribution in [-0.2, 0) is 20.9 Å². The number of nitrogens with zero attached hydrogens (tertiary/aromatic N) is 4. The lowest BCUT2D eigenvalue weighted by Crippen LogP contribution is -2.42. The summed E-state index contributed by atoms with van der Waals surface area (Å²) >= 11 is 0. The highest BCUT2D eigenvalue weighted by atomic mass is 31.2. The molecule has 32 heavy (non-hydrogen) atoms. The van der Waals surface area contributed by atoms with Crippen molar-refractivity contribution < 1.29 is 38.4 Å². The van der Waals surface area contributed by atoms with Crippen LogP contribution in [0, 0.1) is 5.41 Å². The molecule has 3 unspecified atom stereocenters. The van der Waals surface area contributed by atoms with E-state index in [0.717, 1.165) is 0 Å². The maximum absolute atomic E-state index is 14.1. The van der Waals surface area contributed by atoms with Crippen molar-refractivity contribution >= 4 is 18.8 Å². The van der Waals surface area contributed by atoms with E-state index in [1.54, 1.807) is 7.05 Å². The zero-order chi connectivity index (χ0) is 23.8. The molecule has 14 heteroatoms. The number of aryl methyl sites for hydroxylation is 1. The van der Waals surface area contributed by atoms with Gasteiger partial charge in [-0.05, 0) is 12.8 Å². The van der Waals surface area contributed by atoms with Crippen molar-refractivity contribution in [1.29, 1.82) is 5.41 Å². The van der Waals surface area contributed by atoms with Crippen LogP contribution >= 0.6 is 7.60 Å². The molecule has 3 rings (SSSR count). The zero-order valence-corrected chi connectivity index (χ0v) is 18.9. The van der Waals surface area contributed by atoms with Crippen LogP contribution in [0.4, 0.5) is 4.39 Å². The van der Waals surface area contributed by atoms with Crippen molar-refractivity contribution in [3.8, 4) is 0 Å². The second kappa shape index (κ2) is 9.26. The number of hydrogen-bond acceptors (Lipinski definition) is 9. The number of imidazole rings is 1. The molecule has 5 N–H and O–H groups in total. The van der Waals surface area contributed by atoms with Gasteiger partial charge in [-0.15, -0.1) is 0 Å². The van der Waals surface area contributed by atoms with Gasteiger partial charge in [-0.3, -0.25) is 19.1 Å². The van der Waals surface area contributed by atoms with Crippen molar-refractivity contribution in [2.75, 3.05) is 6.67 Å². The van der Waals surface area contributed by atoms with Crippen LogP contribution in [0.3, 0.4) is 0 Å². The predicted molar refractivity (Wildman–Crippen MR) is 109 cm³/mol. The lowest BCUT2D eigenvalue weighted by Gasteiger charge is -2.35. The minimum Gasteiger partial charge on any atom is -0.388 e. The van der Waals surface area contributed by atoms with Crippen molar-refractivity contribution in [3.63, 3.8) is 0 Å². The first-order valence-corrected chi connectivity index (χ1v) is 11.9. The van der Waals surface area contributed by atoms with Crippen LogP contribution in [0.1, 0.15) is 39.3 Å². The molecule has 0 saturated carbocycles. The number of halogens is 1. The Morgan fingerprint density at radius 1 is 1.34 bits per heavy atom. The molecule has 0 aliphatic carbocycles. The lowest BCUT2D eigenvalue weighted by molar-refractivity contribution is -0.0778. The number of aliphatic hydroxyl groups is 3. The molecule has 0 spiro atoms. The third-order valence-electron chi connectivity index (χ3n) is 5.84. The van der Waals surface area contributed by atoms with Crippen molar-refractivity contribution in [1.82, 2.24) is 19.1 Å². The maximum atomic E-state index is 14.1. The molecular formula is C18H29FN5O7P. The standard InChI is InChI=1S/C18H29FN5O7P/c1-4-11(25)32(28,29)31-18(5-2,7-19)6-10-13(26)14(27)17(30-10)24-9-21-12-15(20)23(3)8-22-16(12)24/h8-11,13-14,17,20,25-27H,4-7H2,1-3H3,(H,28,29)/t10-,11?,13-,14-,17-,18?/m1/s1. The molecule has 12 nitrogen and oxygen atoms in total. The number of nitrogens with one attached hydrogen (secondary N) is 1. The largest absolute Gasteiger partial charge is 0.388 e. The molecule has 2 aromatic rings. The van der Waals surface area contributed by atoms with Gasteiger partial charge in [0.2, 0.25) is 0 Å². The van der Waals surface area contributed by atoms with E-state index in [0.29, 0.717) is 0 Å². The molecule has 1 aliphatic rings. The molecule has 1 aliphatic heterocycles. The molecule has 180 valence electrons. The monoisotopic (exact) mass is 477 g/mol. The van der Waals surface area contributed by atoms with Crippen LogP contribution in [0.2, 0.25) is 0 Å². The SMILES string of the molecule is CCC(O)P(=O)(O)OC(CC)(CF)C[C@H]1O[C@@H](n2cnc3c(=N)n(C)cnc32)[C@H](O)[C@@H]1O. The highest BCUT2D eigenvalue weighted by Gasteiger charge is 2.50. The first-order chi connectivity index (χ1) is 15.0. The second-order valence-corrected chi connectivity index (χ2v) is 9.90. The Morgan fingerprint density at radius 3 is 2.62 bits per heavy atom. The number of fused-ring (bicyclic) bond motifs is 1. The van der Waals surface area contributed by atoms with Crippen molar-refractivity contribution in [2.24, 2.45) is 7.05 Å². The normalized spacial score (nSPS) is 28.5. The molecule has 0 bridgehead atoms. The first kappa shape index (κ1) is 24.9.